The van der Waals surface area contributed by atoms with Gasteiger partial charge in [-0.3, -0.25) is 14.5 Å². The minimum atomic E-state index is -2.59. The number of pyridine rings is 1. The summed E-state index contributed by atoms with van der Waals surface area (Å²) >= 11 is 0. The zero-order valence-corrected chi connectivity index (χ0v) is 17.0. The Morgan fingerprint density at radius 1 is 1.29 bits per heavy atom. The molecule has 9 nitrogen and oxygen atoms in total. The number of aromatic amines is 1. The molecule has 1 aliphatic heterocycles. The normalized spacial score (nSPS) is 17.9. The van der Waals surface area contributed by atoms with Crippen LogP contribution in [0.25, 0.3) is 0 Å². The Labute approximate surface area is 178 Å². The molecular weight excluding hydrogens is 410 g/mol. The number of carbonyl (C=O) groups excluding carboxylic acids is 1. The minimum absolute atomic E-state index is 0.00694. The van der Waals surface area contributed by atoms with E-state index < -0.39 is 5.92 Å². The molecule has 0 aromatic carbocycles. The highest BCUT2D eigenvalue weighted by Gasteiger charge is 2.34. The number of nitrogens with two attached hydrogens (primary N) is 1. The van der Waals surface area contributed by atoms with Crippen molar-refractivity contribution in [2.75, 3.05) is 37.3 Å². The molecule has 0 bridgehead atoms. The maximum atomic E-state index is 13.1. The smallest absolute Gasteiger partial charge is 0.290 e. The van der Waals surface area contributed by atoms with E-state index in [1.165, 1.54) is 25.2 Å². The van der Waals surface area contributed by atoms with Crippen LogP contribution in [0.2, 0.25) is 0 Å². The molecule has 1 saturated carbocycles. The summed E-state index contributed by atoms with van der Waals surface area (Å²) in [4.78, 5) is 34.1. The Bertz CT molecular complexity index is 908. The molecule has 168 valence electrons. The predicted octanol–water partition coefficient (Wildman–Crippen LogP) is 1.89. The largest absolute Gasteiger partial charge is 0.492 e. The third-order valence-corrected chi connectivity index (χ3v) is 4.88. The second kappa shape index (κ2) is 10.3. The number of amides is 1. The summed E-state index contributed by atoms with van der Waals surface area (Å²) in [6, 6.07) is 3.46. The molecule has 1 aliphatic carbocycles. The van der Waals surface area contributed by atoms with Crippen LogP contribution in [0.4, 0.5) is 20.4 Å². The van der Waals surface area contributed by atoms with Crippen LogP contribution in [-0.4, -0.2) is 57.9 Å². The van der Waals surface area contributed by atoms with Crippen LogP contribution in [0.1, 0.15) is 25.7 Å². The zero-order valence-electron chi connectivity index (χ0n) is 17.0. The fourth-order valence-electron chi connectivity index (χ4n) is 2.83. The van der Waals surface area contributed by atoms with Crippen LogP contribution in [0.15, 0.2) is 35.5 Å². The lowest BCUT2D eigenvalue weighted by molar-refractivity contribution is -0.119. The van der Waals surface area contributed by atoms with Gasteiger partial charge in [-0.05, 0) is 30.9 Å². The molecule has 0 radical (unpaired) electrons. The van der Waals surface area contributed by atoms with Gasteiger partial charge < -0.3 is 20.8 Å². The van der Waals surface area contributed by atoms with E-state index >= 15 is 0 Å². The molecule has 31 heavy (non-hydrogen) atoms. The quantitative estimate of drug-likeness (QED) is 0.631. The third kappa shape index (κ3) is 7.93. The Morgan fingerprint density at radius 2 is 2.03 bits per heavy atom. The molecule has 1 amide bonds. The van der Waals surface area contributed by atoms with Crippen molar-refractivity contribution in [2.24, 2.45) is 5.92 Å². The number of rotatable bonds is 6. The van der Waals surface area contributed by atoms with E-state index in [0.717, 1.165) is 0 Å². The number of carbonyl (C=O) groups is 1. The molecule has 0 spiro atoms. The van der Waals surface area contributed by atoms with E-state index in [2.05, 4.69) is 20.3 Å². The number of halogens is 2. The number of aromatic nitrogens is 3. The molecule has 0 atom stereocenters. The Balaban J connectivity index is 0.000000287. The van der Waals surface area contributed by atoms with Gasteiger partial charge in [-0.15, -0.1) is 0 Å². The maximum absolute atomic E-state index is 13.1. The van der Waals surface area contributed by atoms with Crippen LogP contribution in [0.5, 0.6) is 5.75 Å². The molecule has 2 aromatic rings. The average Bonchev–Trinajstić information content (AvgIpc) is 3.56. The molecule has 2 aromatic heterocycles. The van der Waals surface area contributed by atoms with E-state index in [0.29, 0.717) is 24.1 Å². The first-order valence-electron chi connectivity index (χ1n) is 10.1. The summed E-state index contributed by atoms with van der Waals surface area (Å²) in [5.41, 5.74) is 4.72. The van der Waals surface area contributed by atoms with Gasteiger partial charge in [-0.25, -0.2) is 18.7 Å². The fraction of sp³-hybridized carbons (Fsp3) is 0.500. The Hall–Kier alpha value is -3.08. The predicted molar refractivity (Wildman–Crippen MR) is 111 cm³/mol. The minimum Gasteiger partial charge on any atom is -0.492 e. The van der Waals surface area contributed by atoms with Crippen LogP contribution in [-0.2, 0) is 4.79 Å². The number of hydrogen-bond acceptors (Lipinski definition) is 7. The van der Waals surface area contributed by atoms with E-state index in [4.69, 9.17) is 10.5 Å². The zero-order chi connectivity index (χ0) is 22.3. The number of ether oxygens (including phenoxy) is 1. The number of nitrogens with zero attached hydrogens (tertiary/aromatic N) is 3. The van der Waals surface area contributed by atoms with Gasteiger partial charge in [0.05, 0.1) is 19.3 Å². The van der Waals surface area contributed by atoms with Crippen molar-refractivity contribution in [1.82, 2.24) is 19.9 Å². The number of hydrogen-bond donors (Lipinski definition) is 3. The molecule has 4 rings (SSSR count). The molecule has 3 heterocycles. The Kier molecular flexibility index (Phi) is 7.50. The van der Waals surface area contributed by atoms with Crippen molar-refractivity contribution < 1.29 is 18.3 Å². The first-order valence-corrected chi connectivity index (χ1v) is 10.1. The van der Waals surface area contributed by atoms with Crippen molar-refractivity contribution >= 4 is 17.5 Å². The van der Waals surface area contributed by atoms with Gasteiger partial charge in [0.1, 0.15) is 11.6 Å². The summed E-state index contributed by atoms with van der Waals surface area (Å²) in [6.45, 7) is 1.30. The number of H-pyrrole nitrogens is 1. The topological polar surface area (TPSA) is 126 Å². The van der Waals surface area contributed by atoms with Crippen molar-refractivity contribution in [3.63, 3.8) is 0 Å². The van der Waals surface area contributed by atoms with E-state index in [-0.39, 0.29) is 49.8 Å². The summed E-state index contributed by atoms with van der Waals surface area (Å²) in [5, 5.41) is 2.68. The number of nitrogen functional groups attached to an aromatic ring is 1. The maximum Gasteiger partial charge on any atom is 0.290 e. The van der Waals surface area contributed by atoms with Gasteiger partial charge in [-0.2, -0.15) is 0 Å². The van der Waals surface area contributed by atoms with Crippen LogP contribution < -0.4 is 21.3 Å². The number of piperidine rings is 1. The second-order valence-electron chi connectivity index (χ2n) is 7.62. The lowest BCUT2D eigenvalue weighted by atomic mass is 10.1. The molecule has 1 saturated heterocycles. The van der Waals surface area contributed by atoms with Crippen LogP contribution >= 0.6 is 0 Å². The van der Waals surface area contributed by atoms with Gasteiger partial charge in [-0.1, -0.05) is 0 Å². The monoisotopic (exact) mass is 436 g/mol. The number of anilines is 2. The summed E-state index contributed by atoms with van der Waals surface area (Å²) in [5.74, 6) is -1.03. The van der Waals surface area contributed by atoms with Gasteiger partial charge in [0, 0.05) is 38.3 Å². The lowest BCUT2D eigenvalue weighted by Crippen LogP contribution is -2.43. The van der Waals surface area contributed by atoms with Gasteiger partial charge in [0.15, 0.2) is 5.82 Å². The van der Waals surface area contributed by atoms with E-state index in [9.17, 15) is 18.4 Å². The van der Waals surface area contributed by atoms with Gasteiger partial charge >= 0.3 is 0 Å². The standard InChI is InChI=1S/C16H21F2N3O2.C4H5N3O/c17-16(18)5-7-21(8-6-16)10-15(22)20-14-4-3-13(9-19-14)23-11-12-1-2-12;5-3-4(8)7-2-1-6-3/h3-4,9,12H,1-2,5-8,10-11H2,(H,19,20,22);1-2H,(H2,5,6)(H,7,8). The molecule has 0 unspecified atom stereocenters. The Morgan fingerprint density at radius 3 is 2.58 bits per heavy atom. The van der Waals surface area contributed by atoms with E-state index in [1.807, 2.05) is 0 Å². The first-order chi connectivity index (χ1) is 14.8. The highest BCUT2D eigenvalue weighted by Crippen LogP contribution is 2.29. The summed E-state index contributed by atoms with van der Waals surface area (Å²) < 4.78 is 31.7. The van der Waals surface area contributed by atoms with Crippen LogP contribution in [0, 0.1) is 5.92 Å². The fourth-order valence-corrected chi connectivity index (χ4v) is 2.83. The highest BCUT2D eigenvalue weighted by molar-refractivity contribution is 5.91. The average molecular weight is 436 g/mol. The third-order valence-electron chi connectivity index (χ3n) is 4.88. The second-order valence-corrected chi connectivity index (χ2v) is 7.62. The number of nitrogens with one attached hydrogen (secondary N) is 2. The summed E-state index contributed by atoms with van der Waals surface area (Å²) in [7, 11) is 0. The summed E-state index contributed by atoms with van der Waals surface area (Å²) in [6.07, 6.45) is 6.51. The first kappa shape index (κ1) is 22.6. The molecule has 2 aliphatic rings. The van der Waals surface area contributed by atoms with Crippen molar-refractivity contribution in [2.45, 2.75) is 31.6 Å². The molecule has 11 heteroatoms. The number of likely N-dealkylation sites (tertiary alicyclic amines) is 1. The SMILES string of the molecule is Nc1ncc[nH]c1=O.O=C(CN1CCC(F)(F)CC1)Nc1ccc(OCC2CC2)cn1. The van der Waals surface area contributed by atoms with Crippen molar-refractivity contribution in [3.8, 4) is 5.75 Å². The van der Waals surface area contributed by atoms with Crippen LogP contribution in [0.3, 0.4) is 0 Å². The molecule has 2 fully saturated rings. The van der Waals surface area contributed by atoms with E-state index in [1.54, 1.807) is 23.2 Å². The molecule has 4 N–H and O–H groups in total. The lowest BCUT2D eigenvalue weighted by Gasteiger charge is -2.30. The van der Waals surface area contributed by atoms with Gasteiger partial charge in [0.25, 0.3) is 11.5 Å². The molecular formula is C20H26F2N6O3. The van der Waals surface area contributed by atoms with Gasteiger partial charge in [0.2, 0.25) is 5.91 Å². The van der Waals surface area contributed by atoms with Crippen molar-refractivity contribution in [3.05, 3.63) is 41.1 Å². The van der Waals surface area contributed by atoms with Crippen molar-refractivity contribution in [1.29, 1.82) is 0 Å². The highest BCUT2D eigenvalue weighted by atomic mass is 19.3. The number of alkyl halides is 2.